The monoisotopic (exact) mass is 349 g/mol. The van der Waals surface area contributed by atoms with Crippen LogP contribution in [0.2, 0.25) is 0 Å². The molecule has 0 aromatic heterocycles. The number of ether oxygens (including phenoxy) is 2. The summed E-state index contributed by atoms with van der Waals surface area (Å²) in [7, 11) is 3.27. The number of anilines is 1. The molecular weight excluding hydrogens is 326 g/mol. The highest BCUT2D eigenvalue weighted by atomic mass is 16.5. The average Bonchev–Trinajstić information content (AvgIpc) is 2.85. The van der Waals surface area contributed by atoms with Gasteiger partial charge in [-0.2, -0.15) is 0 Å². The number of cyclic esters (lactones) is 1. The summed E-state index contributed by atoms with van der Waals surface area (Å²) in [5.41, 5.74) is 0.283. The number of esters is 1. The molecule has 0 spiro atoms. The molecule has 1 heterocycles. The fraction of sp³-hybridized carbons (Fsp3) is 0.471. The van der Waals surface area contributed by atoms with Gasteiger partial charge in [0.1, 0.15) is 11.3 Å². The molecule has 3 amide bonds. The number of nitrogens with one attached hydrogen (secondary N) is 2. The molecule has 2 N–H and O–H groups in total. The van der Waals surface area contributed by atoms with E-state index in [1.165, 1.54) is 4.90 Å². The van der Waals surface area contributed by atoms with Crippen LogP contribution in [0, 0.1) is 6.92 Å². The lowest BCUT2D eigenvalue weighted by molar-refractivity contribution is -0.142. The zero-order valence-corrected chi connectivity index (χ0v) is 14.8. The van der Waals surface area contributed by atoms with Crippen molar-refractivity contribution in [2.24, 2.45) is 0 Å². The largest absolute Gasteiger partial charge is 0.482 e. The van der Waals surface area contributed by atoms with Gasteiger partial charge in [0.05, 0.1) is 12.3 Å². The molecule has 1 atom stereocenters. The maximum atomic E-state index is 12.2. The lowest BCUT2D eigenvalue weighted by atomic mass is 10.0. The number of likely N-dealkylation sites (N-methyl/N-ethyl adjacent to an activating group) is 1. The van der Waals surface area contributed by atoms with E-state index in [-0.39, 0.29) is 19.1 Å². The predicted molar refractivity (Wildman–Crippen MR) is 91.5 cm³/mol. The van der Waals surface area contributed by atoms with E-state index in [2.05, 4.69) is 10.6 Å². The molecule has 8 nitrogen and oxygen atoms in total. The third-order valence-electron chi connectivity index (χ3n) is 3.91. The normalized spacial score (nSPS) is 19.1. The number of urea groups is 1. The fourth-order valence-electron chi connectivity index (χ4n) is 2.25. The lowest BCUT2D eigenvalue weighted by Gasteiger charge is -2.22. The Kier molecular flexibility index (Phi) is 5.51. The molecule has 136 valence electrons. The first-order chi connectivity index (χ1) is 11.7. The summed E-state index contributed by atoms with van der Waals surface area (Å²) in [5, 5.41) is 5.28. The number of nitrogens with zero attached hydrogens (tertiary/aromatic N) is 1. The quantitative estimate of drug-likeness (QED) is 0.781. The summed E-state index contributed by atoms with van der Waals surface area (Å²) in [6.07, 6.45) is 0.411. The van der Waals surface area contributed by atoms with E-state index in [0.717, 1.165) is 5.56 Å². The molecule has 25 heavy (non-hydrogen) atoms. The number of carbonyl (C=O) groups excluding carboxylic acids is 3. The van der Waals surface area contributed by atoms with Crippen LogP contribution < -0.4 is 15.4 Å². The molecule has 1 aromatic rings. The standard InChI is InChI=1S/C17H23N3O5/c1-11-5-6-12(13(9-11)25-10-14(21)20(3)4)18-16(23)19-17(2)7-8-24-15(17)22/h5-6,9H,7-8,10H2,1-4H3,(H2,18,19,23). The van der Waals surface area contributed by atoms with Crippen LogP contribution in [-0.2, 0) is 14.3 Å². The molecule has 1 fully saturated rings. The van der Waals surface area contributed by atoms with Gasteiger partial charge in [-0.25, -0.2) is 9.59 Å². The molecule has 0 saturated carbocycles. The minimum Gasteiger partial charge on any atom is -0.482 e. The van der Waals surface area contributed by atoms with Crippen molar-refractivity contribution >= 4 is 23.6 Å². The minimum absolute atomic E-state index is 0.142. The first-order valence-electron chi connectivity index (χ1n) is 7.91. The Balaban J connectivity index is 2.06. The van der Waals surface area contributed by atoms with Gasteiger partial charge in [-0.05, 0) is 31.5 Å². The van der Waals surface area contributed by atoms with Crippen LogP contribution in [0.15, 0.2) is 18.2 Å². The molecule has 1 aliphatic rings. The molecule has 1 aliphatic heterocycles. The molecule has 1 unspecified atom stereocenters. The molecule has 0 radical (unpaired) electrons. The second kappa shape index (κ2) is 7.42. The molecule has 8 heteroatoms. The van der Waals surface area contributed by atoms with Gasteiger partial charge in [-0.3, -0.25) is 4.79 Å². The molecule has 2 rings (SSSR count). The van der Waals surface area contributed by atoms with Gasteiger partial charge in [-0.15, -0.1) is 0 Å². The average molecular weight is 349 g/mol. The van der Waals surface area contributed by atoms with Crippen molar-refractivity contribution in [1.29, 1.82) is 0 Å². The number of hydrogen-bond acceptors (Lipinski definition) is 5. The van der Waals surface area contributed by atoms with E-state index in [9.17, 15) is 14.4 Å². The highest BCUT2D eigenvalue weighted by Gasteiger charge is 2.41. The smallest absolute Gasteiger partial charge is 0.331 e. The molecule has 1 aromatic carbocycles. The van der Waals surface area contributed by atoms with Crippen LogP contribution in [0.5, 0.6) is 5.75 Å². The first kappa shape index (κ1) is 18.6. The lowest BCUT2D eigenvalue weighted by Crippen LogP contribution is -2.51. The van der Waals surface area contributed by atoms with Gasteiger partial charge in [-0.1, -0.05) is 6.07 Å². The predicted octanol–water partition coefficient (Wildman–Crippen LogP) is 1.29. The van der Waals surface area contributed by atoms with E-state index in [4.69, 9.17) is 9.47 Å². The first-order valence-corrected chi connectivity index (χ1v) is 7.91. The summed E-state index contributed by atoms with van der Waals surface area (Å²) < 4.78 is 10.4. The van der Waals surface area contributed by atoms with Crippen molar-refractivity contribution in [3.63, 3.8) is 0 Å². The molecular formula is C17H23N3O5. The Morgan fingerprint density at radius 3 is 2.68 bits per heavy atom. The maximum absolute atomic E-state index is 12.2. The van der Waals surface area contributed by atoms with E-state index < -0.39 is 17.5 Å². The zero-order chi connectivity index (χ0) is 18.6. The summed E-state index contributed by atoms with van der Waals surface area (Å²) in [5.74, 6) is -0.276. The number of amides is 3. The Bertz CT molecular complexity index is 689. The number of aryl methyl sites for hydroxylation is 1. The minimum atomic E-state index is -1.04. The Morgan fingerprint density at radius 2 is 2.08 bits per heavy atom. The van der Waals surface area contributed by atoms with Crippen molar-refractivity contribution in [3.8, 4) is 5.75 Å². The van der Waals surface area contributed by atoms with Crippen molar-refractivity contribution in [1.82, 2.24) is 10.2 Å². The summed E-state index contributed by atoms with van der Waals surface area (Å²) in [6.45, 7) is 3.63. The number of hydrogen-bond donors (Lipinski definition) is 2. The topological polar surface area (TPSA) is 97.0 Å². The van der Waals surface area contributed by atoms with Gasteiger partial charge in [0, 0.05) is 20.5 Å². The highest BCUT2D eigenvalue weighted by Crippen LogP contribution is 2.26. The summed E-state index contributed by atoms with van der Waals surface area (Å²) in [4.78, 5) is 37.1. The van der Waals surface area contributed by atoms with Crippen molar-refractivity contribution in [3.05, 3.63) is 23.8 Å². The van der Waals surface area contributed by atoms with Gasteiger partial charge in [0.15, 0.2) is 6.61 Å². The SMILES string of the molecule is Cc1ccc(NC(=O)NC2(C)CCOC2=O)c(OCC(=O)N(C)C)c1. The zero-order valence-electron chi connectivity index (χ0n) is 14.8. The van der Waals surface area contributed by atoms with E-state index >= 15 is 0 Å². The van der Waals surface area contributed by atoms with Gasteiger partial charge in [0.25, 0.3) is 5.91 Å². The Labute approximate surface area is 146 Å². The van der Waals surface area contributed by atoms with Gasteiger partial charge in [0.2, 0.25) is 0 Å². The highest BCUT2D eigenvalue weighted by molar-refractivity contribution is 5.95. The van der Waals surface area contributed by atoms with E-state index in [1.807, 2.05) is 13.0 Å². The maximum Gasteiger partial charge on any atom is 0.331 e. The van der Waals surface area contributed by atoms with Crippen LogP contribution in [-0.4, -0.2) is 55.7 Å². The summed E-state index contributed by atoms with van der Waals surface area (Å²) in [6, 6.07) is 4.67. The van der Waals surface area contributed by atoms with Crippen LogP contribution in [0.1, 0.15) is 18.9 Å². The number of rotatable bonds is 5. The number of benzene rings is 1. The van der Waals surface area contributed by atoms with Crippen LogP contribution in [0.3, 0.4) is 0 Å². The second-order valence-corrected chi connectivity index (χ2v) is 6.37. The van der Waals surface area contributed by atoms with E-state index in [1.54, 1.807) is 33.2 Å². The second-order valence-electron chi connectivity index (χ2n) is 6.37. The van der Waals surface area contributed by atoms with E-state index in [0.29, 0.717) is 17.9 Å². The van der Waals surface area contributed by atoms with Crippen molar-refractivity contribution < 1.29 is 23.9 Å². The third kappa shape index (κ3) is 4.62. The molecule has 0 aliphatic carbocycles. The molecule has 0 bridgehead atoms. The Morgan fingerprint density at radius 1 is 1.36 bits per heavy atom. The van der Waals surface area contributed by atoms with Crippen molar-refractivity contribution in [2.75, 3.05) is 32.6 Å². The molecule has 1 saturated heterocycles. The number of carbonyl (C=O) groups is 3. The van der Waals surface area contributed by atoms with Crippen molar-refractivity contribution in [2.45, 2.75) is 25.8 Å². The van der Waals surface area contributed by atoms with Crippen LogP contribution >= 0.6 is 0 Å². The summed E-state index contributed by atoms with van der Waals surface area (Å²) >= 11 is 0. The Hall–Kier alpha value is -2.77. The van der Waals surface area contributed by atoms with Gasteiger partial charge < -0.3 is 25.0 Å². The van der Waals surface area contributed by atoms with Crippen LogP contribution in [0.25, 0.3) is 0 Å². The van der Waals surface area contributed by atoms with Crippen LogP contribution in [0.4, 0.5) is 10.5 Å². The van der Waals surface area contributed by atoms with Gasteiger partial charge >= 0.3 is 12.0 Å². The third-order valence-corrected chi connectivity index (χ3v) is 3.91. The fourth-order valence-corrected chi connectivity index (χ4v) is 2.25.